The number of hydrogen-bond acceptors (Lipinski definition) is 3. The molecule has 0 radical (unpaired) electrons. The number of amides is 2. The van der Waals surface area contributed by atoms with Crippen LogP contribution in [0, 0.1) is 20.8 Å². The fourth-order valence-electron chi connectivity index (χ4n) is 4.28. The van der Waals surface area contributed by atoms with Crippen LogP contribution in [0.25, 0.3) is 0 Å². The molecule has 6 heteroatoms. The lowest BCUT2D eigenvalue weighted by molar-refractivity contribution is -0.142. The van der Waals surface area contributed by atoms with Crippen molar-refractivity contribution in [3.05, 3.63) is 99.0 Å². The molecule has 1 atom stereocenters. The first-order chi connectivity index (χ1) is 17.8. The van der Waals surface area contributed by atoms with Gasteiger partial charge in [-0.05, 0) is 61.6 Å². The van der Waals surface area contributed by atoms with E-state index in [0.29, 0.717) is 25.3 Å². The number of aryl methyl sites for hydroxylation is 3. The monoisotopic (exact) mass is 564 g/mol. The van der Waals surface area contributed by atoms with Gasteiger partial charge in [-0.3, -0.25) is 9.59 Å². The van der Waals surface area contributed by atoms with Crippen LogP contribution < -0.4 is 10.1 Å². The molecule has 3 aromatic rings. The zero-order valence-electron chi connectivity index (χ0n) is 22.2. The minimum atomic E-state index is -0.663. The molecule has 5 nitrogen and oxygen atoms in total. The largest absolute Gasteiger partial charge is 0.484 e. The average molecular weight is 566 g/mol. The van der Waals surface area contributed by atoms with E-state index in [-0.39, 0.29) is 18.4 Å². The quantitative estimate of drug-likeness (QED) is 0.262. The van der Waals surface area contributed by atoms with E-state index in [4.69, 9.17) is 4.74 Å². The molecule has 0 saturated heterocycles. The van der Waals surface area contributed by atoms with Crippen molar-refractivity contribution in [1.82, 2.24) is 10.2 Å². The summed E-state index contributed by atoms with van der Waals surface area (Å²) in [5.74, 6) is 0.258. The maximum absolute atomic E-state index is 13.7. The topological polar surface area (TPSA) is 58.6 Å². The maximum Gasteiger partial charge on any atom is 0.261 e. The summed E-state index contributed by atoms with van der Waals surface area (Å²) in [7, 11) is 0. The summed E-state index contributed by atoms with van der Waals surface area (Å²) in [5.41, 5.74) is 5.16. The van der Waals surface area contributed by atoms with Gasteiger partial charge in [0.25, 0.3) is 5.91 Å². The van der Waals surface area contributed by atoms with E-state index in [2.05, 4.69) is 34.2 Å². The number of ether oxygens (including phenoxy) is 1. The van der Waals surface area contributed by atoms with Crippen LogP contribution in [-0.2, 0) is 22.6 Å². The summed E-state index contributed by atoms with van der Waals surface area (Å²) in [5, 5.41) is 3.05. The van der Waals surface area contributed by atoms with Gasteiger partial charge in [-0.15, -0.1) is 0 Å². The number of nitrogens with one attached hydrogen (secondary N) is 1. The average Bonchev–Trinajstić information content (AvgIpc) is 2.88. The molecular formula is C31H37BrN2O3. The highest BCUT2D eigenvalue weighted by molar-refractivity contribution is 9.10. The number of rotatable bonds is 12. The van der Waals surface area contributed by atoms with Gasteiger partial charge in [-0.1, -0.05) is 89.4 Å². The molecule has 3 aromatic carbocycles. The molecule has 0 saturated carbocycles. The van der Waals surface area contributed by atoms with Crippen molar-refractivity contribution in [3.63, 3.8) is 0 Å². The Labute approximate surface area is 229 Å². The molecule has 0 aromatic heterocycles. The summed E-state index contributed by atoms with van der Waals surface area (Å²) in [6.45, 7) is 8.85. The van der Waals surface area contributed by atoms with Gasteiger partial charge in [0, 0.05) is 24.0 Å². The Bertz CT molecular complexity index is 1170. The molecule has 3 rings (SSSR count). The highest BCUT2D eigenvalue weighted by Gasteiger charge is 2.30. The molecule has 196 valence electrons. The van der Waals surface area contributed by atoms with Crippen molar-refractivity contribution in [3.8, 4) is 5.75 Å². The molecule has 0 aliphatic carbocycles. The van der Waals surface area contributed by atoms with Gasteiger partial charge in [0.05, 0.1) is 0 Å². The summed E-state index contributed by atoms with van der Waals surface area (Å²) in [6.07, 6.45) is 2.29. The third-order valence-electron chi connectivity index (χ3n) is 6.31. The summed E-state index contributed by atoms with van der Waals surface area (Å²) in [4.78, 5) is 28.9. The van der Waals surface area contributed by atoms with Gasteiger partial charge in [-0.25, -0.2) is 0 Å². The molecule has 37 heavy (non-hydrogen) atoms. The van der Waals surface area contributed by atoms with Gasteiger partial charge in [0.2, 0.25) is 5.91 Å². The predicted octanol–water partition coefficient (Wildman–Crippen LogP) is 6.31. The number of halogens is 1. The van der Waals surface area contributed by atoms with E-state index in [0.717, 1.165) is 45.1 Å². The zero-order valence-corrected chi connectivity index (χ0v) is 23.8. The van der Waals surface area contributed by atoms with Crippen LogP contribution >= 0.6 is 15.9 Å². The van der Waals surface area contributed by atoms with E-state index in [1.807, 2.05) is 81.4 Å². The Morgan fingerprint density at radius 1 is 0.946 bits per heavy atom. The second kappa shape index (κ2) is 14.0. The maximum atomic E-state index is 13.7. The van der Waals surface area contributed by atoms with Crippen molar-refractivity contribution in [2.24, 2.45) is 0 Å². The summed E-state index contributed by atoms with van der Waals surface area (Å²) >= 11 is 3.58. The van der Waals surface area contributed by atoms with Crippen molar-refractivity contribution in [2.75, 3.05) is 13.2 Å². The van der Waals surface area contributed by atoms with Crippen LogP contribution in [0.1, 0.15) is 47.6 Å². The third kappa shape index (κ3) is 8.46. The highest BCUT2D eigenvalue weighted by atomic mass is 79.9. The van der Waals surface area contributed by atoms with E-state index in [1.54, 1.807) is 4.90 Å². The Balaban J connectivity index is 1.90. The van der Waals surface area contributed by atoms with E-state index in [9.17, 15) is 9.59 Å². The minimum absolute atomic E-state index is 0.145. The molecule has 0 aliphatic rings. The lowest BCUT2D eigenvalue weighted by atomic mass is 10.0. The Hall–Kier alpha value is -3.12. The third-order valence-corrected chi connectivity index (χ3v) is 7.56. The minimum Gasteiger partial charge on any atom is -0.484 e. The molecule has 2 amide bonds. The van der Waals surface area contributed by atoms with Crippen LogP contribution in [-0.4, -0.2) is 35.9 Å². The Morgan fingerprint density at radius 3 is 2.27 bits per heavy atom. The molecule has 1 N–H and O–H groups in total. The van der Waals surface area contributed by atoms with Crippen molar-refractivity contribution in [1.29, 1.82) is 0 Å². The number of nitrogens with zero attached hydrogens (tertiary/aromatic N) is 1. The molecule has 0 bridgehead atoms. The molecule has 0 fully saturated rings. The highest BCUT2D eigenvalue weighted by Crippen LogP contribution is 2.26. The lowest BCUT2D eigenvalue weighted by Gasteiger charge is -2.31. The van der Waals surface area contributed by atoms with E-state index >= 15 is 0 Å². The van der Waals surface area contributed by atoms with Gasteiger partial charge in [0.15, 0.2) is 6.61 Å². The van der Waals surface area contributed by atoms with Gasteiger partial charge in [-0.2, -0.15) is 0 Å². The van der Waals surface area contributed by atoms with Gasteiger partial charge in [0.1, 0.15) is 11.8 Å². The van der Waals surface area contributed by atoms with Gasteiger partial charge >= 0.3 is 0 Å². The molecular weight excluding hydrogens is 528 g/mol. The summed E-state index contributed by atoms with van der Waals surface area (Å²) in [6, 6.07) is 21.0. The fourth-order valence-corrected chi connectivity index (χ4v) is 4.51. The molecule has 0 spiro atoms. The second-order valence-corrected chi connectivity index (χ2v) is 10.3. The van der Waals surface area contributed by atoms with Crippen molar-refractivity contribution in [2.45, 2.75) is 59.5 Å². The first-order valence-electron chi connectivity index (χ1n) is 12.8. The van der Waals surface area contributed by atoms with Crippen LogP contribution in [0.3, 0.4) is 0 Å². The Morgan fingerprint density at radius 2 is 1.62 bits per heavy atom. The number of carbonyl (C=O) groups is 2. The van der Waals surface area contributed by atoms with Crippen LogP contribution in [0.4, 0.5) is 0 Å². The van der Waals surface area contributed by atoms with Crippen LogP contribution in [0.15, 0.2) is 71.2 Å². The van der Waals surface area contributed by atoms with Gasteiger partial charge < -0.3 is 15.0 Å². The Kier molecular flexibility index (Phi) is 10.8. The van der Waals surface area contributed by atoms with Crippen LogP contribution in [0.5, 0.6) is 5.75 Å². The van der Waals surface area contributed by atoms with Crippen LogP contribution in [0.2, 0.25) is 0 Å². The first-order valence-corrected chi connectivity index (χ1v) is 13.6. The number of hydrogen-bond donors (Lipinski definition) is 1. The smallest absolute Gasteiger partial charge is 0.261 e. The number of benzene rings is 3. The van der Waals surface area contributed by atoms with Crippen molar-refractivity contribution >= 4 is 27.7 Å². The summed E-state index contributed by atoms with van der Waals surface area (Å²) < 4.78 is 6.99. The van der Waals surface area contributed by atoms with Crippen molar-refractivity contribution < 1.29 is 14.3 Å². The normalized spacial score (nSPS) is 11.6. The molecule has 0 aliphatic heterocycles. The SMILES string of the molecule is CCCCNC(=O)C(Cc1ccccc1)N(Cc1cccc(C)c1)C(=O)COc1cc(C)c(Br)c(C)c1. The van der Waals surface area contributed by atoms with E-state index in [1.165, 1.54) is 0 Å². The fraction of sp³-hybridized carbons (Fsp3) is 0.355. The standard InChI is InChI=1S/C31H37BrN2O3/c1-5-6-15-33-31(36)28(19-25-12-8-7-9-13-25)34(20-26-14-10-11-22(2)16-26)29(35)21-37-27-17-23(3)30(32)24(4)18-27/h7-14,16-18,28H,5-6,15,19-21H2,1-4H3,(H,33,36). The number of unbranched alkanes of at least 4 members (excludes halogenated alkanes) is 1. The second-order valence-electron chi connectivity index (χ2n) is 9.52. The molecule has 1 unspecified atom stereocenters. The molecule has 0 heterocycles. The zero-order chi connectivity index (χ0) is 26.8. The first kappa shape index (κ1) is 28.5. The predicted molar refractivity (Wildman–Crippen MR) is 153 cm³/mol. The number of carbonyl (C=O) groups excluding carboxylic acids is 2. The van der Waals surface area contributed by atoms with E-state index < -0.39 is 6.04 Å². The lowest BCUT2D eigenvalue weighted by Crippen LogP contribution is -2.51.